The molecule has 2 aromatic carbocycles. The van der Waals surface area contributed by atoms with Crippen molar-refractivity contribution in [2.75, 3.05) is 65.9 Å². The molecule has 0 aliphatic heterocycles. The van der Waals surface area contributed by atoms with E-state index in [1.54, 1.807) is 34.6 Å². The molecule has 17 nitrogen and oxygen atoms in total. The van der Waals surface area contributed by atoms with Crippen molar-refractivity contribution in [1.29, 1.82) is 0 Å². The van der Waals surface area contributed by atoms with E-state index in [1.165, 1.54) is 12.1 Å². The highest BCUT2D eigenvalue weighted by atomic mass is 32.2. The fourth-order valence-electron chi connectivity index (χ4n) is 4.93. The lowest BCUT2D eigenvalue weighted by atomic mass is 10.1. The number of carboxylic acid groups (broad SMARTS) is 1. The second-order valence-electron chi connectivity index (χ2n) is 13.6. The third-order valence-corrected chi connectivity index (χ3v) is 9.21. The molecular formula is C38H57N4O13S-. The van der Waals surface area contributed by atoms with E-state index >= 15 is 0 Å². The minimum Gasteiger partial charge on any atom is -0.548 e. The van der Waals surface area contributed by atoms with Gasteiger partial charge in [0.25, 0.3) is 0 Å². The summed E-state index contributed by atoms with van der Waals surface area (Å²) in [4.78, 5) is 47.3. The number of carbonyl (C=O) groups excluding carboxylic acids is 4. The minimum absolute atomic E-state index is 0.132. The second kappa shape index (κ2) is 25.6. The molecule has 4 N–H and O–H groups in total. The fraction of sp³-hybridized carbons (Fsp3) is 0.579. The van der Waals surface area contributed by atoms with Crippen molar-refractivity contribution in [2.24, 2.45) is 0 Å². The Labute approximate surface area is 329 Å². The number of sulfonamides is 1. The summed E-state index contributed by atoms with van der Waals surface area (Å²) in [6, 6.07) is 10.7. The van der Waals surface area contributed by atoms with Crippen LogP contribution < -0.4 is 30.5 Å². The number of carbonyl (C=O) groups is 4. The molecule has 0 aliphatic rings. The van der Waals surface area contributed by atoms with Crippen LogP contribution in [0.2, 0.25) is 0 Å². The van der Waals surface area contributed by atoms with Crippen molar-refractivity contribution in [3.63, 3.8) is 0 Å². The van der Waals surface area contributed by atoms with E-state index in [0.717, 1.165) is 5.56 Å². The molecule has 0 saturated heterocycles. The quantitative estimate of drug-likeness (QED) is 0.0951. The molecular weight excluding hydrogens is 753 g/mol. The summed E-state index contributed by atoms with van der Waals surface area (Å²) in [7, 11) is -4.34. The number of rotatable bonds is 27. The number of benzene rings is 2. The molecule has 0 radical (unpaired) electrons. The molecule has 1 unspecified atom stereocenters. The zero-order valence-corrected chi connectivity index (χ0v) is 33.8. The van der Waals surface area contributed by atoms with Crippen LogP contribution in [0.5, 0.6) is 5.75 Å². The molecule has 0 spiro atoms. The number of amides is 3. The number of ether oxygens (including phenoxy) is 6. The Kier molecular flexibility index (Phi) is 21.8. The van der Waals surface area contributed by atoms with Gasteiger partial charge in [-0.3, -0.25) is 4.79 Å². The predicted octanol–water partition coefficient (Wildman–Crippen LogP) is 2.26. The van der Waals surface area contributed by atoms with E-state index in [-0.39, 0.29) is 30.4 Å². The molecule has 18 heteroatoms. The van der Waals surface area contributed by atoms with Crippen LogP contribution in [-0.2, 0) is 49.9 Å². The number of carboxylic acids is 1. The number of hydrogen-bond donors (Lipinski definition) is 4. The van der Waals surface area contributed by atoms with E-state index in [9.17, 15) is 32.7 Å². The summed E-state index contributed by atoms with van der Waals surface area (Å²) < 4.78 is 60.8. The average Bonchev–Trinajstić information content (AvgIpc) is 3.11. The molecule has 2 rings (SSSR count). The minimum atomic E-state index is -4.34. The van der Waals surface area contributed by atoms with Crippen molar-refractivity contribution >= 4 is 34.1 Å². The molecule has 0 heterocycles. The maximum absolute atomic E-state index is 13.1. The number of nitrogens with one attached hydrogen (secondary N) is 4. The second-order valence-corrected chi connectivity index (χ2v) is 15.2. The van der Waals surface area contributed by atoms with Gasteiger partial charge >= 0.3 is 12.2 Å². The summed E-state index contributed by atoms with van der Waals surface area (Å²) in [6.45, 7) is 11.3. The SMILES string of the molecule is Cc1cc(OCCCC(=O)NCCCOCCOCCOCCCNC(=O)OCc2ccccc2)cc(C)c1S(=O)(=O)NC(CNC(=O)OC(C)(C)C)C(=O)[O-]. The first-order valence-corrected chi connectivity index (χ1v) is 19.9. The molecule has 0 aromatic heterocycles. The maximum atomic E-state index is 13.1. The number of aliphatic carboxylic acids is 1. The lowest BCUT2D eigenvalue weighted by Crippen LogP contribution is -2.54. The third-order valence-electron chi connectivity index (χ3n) is 7.43. The van der Waals surface area contributed by atoms with Crippen molar-refractivity contribution in [1.82, 2.24) is 20.7 Å². The van der Waals surface area contributed by atoms with E-state index < -0.39 is 46.4 Å². The van der Waals surface area contributed by atoms with Crippen LogP contribution >= 0.6 is 0 Å². The largest absolute Gasteiger partial charge is 0.548 e. The van der Waals surface area contributed by atoms with E-state index in [0.29, 0.717) is 88.9 Å². The Hall–Kier alpha value is -4.49. The Morgan fingerprint density at radius 1 is 0.750 bits per heavy atom. The highest BCUT2D eigenvalue weighted by Crippen LogP contribution is 2.26. The fourth-order valence-corrected chi connectivity index (χ4v) is 6.57. The first kappa shape index (κ1) is 47.7. The van der Waals surface area contributed by atoms with Crippen molar-refractivity contribution in [3.05, 3.63) is 59.2 Å². The van der Waals surface area contributed by atoms with Crippen molar-refractivity contribution in [2.45, 2.75) is 83.4 Å². The van der Waals surface area contributed by atoms with Crippen LogP contribution in [0.1, 0.15) is 63.1 Å². The van der Waals surface area contributed by atoms with Crippen molar-refractivity contribution < 1.29 is 61.1 Å². The van der Waals surface area contributed by atoms with Gasteiger partial charge in [0.1, 0.15) is 18.0 Å². The number of alkyl carbamates (subject to hydrolysis) is 2. The first-order valence-electron chi connectivity index (χ1n) is 18.5. The van der Waals surface area contributed by atoms with E-state index in [1.807, 2.05) is 30.3 Å². The zero-order valence-electron chi connectivity index (χ0n) is 32.9. The molecule has 314 valence electrons. The van der Waals surface area contributed by atoms with Crippen LogP contribution in [0, 0.1) is 13.8 Å². The van der Waals surface area contributed by atoms with Crippen LogP contribution in [-0.4, -0.2) is 110 Å². The standard InChI is InChI=1S/C38H58N4O13S/c1-28-24-31(25-29(2)34(28)56(48,49)42-32(35(44)45)26-41-37(47)55-38(3,4)5)53-19-9-14-33(43)39-15-10-17-50-20-22-52-23-21-51-18-11-16-40-36(46)54-27-30-12-7-6-8-13-30/h6-8,12-13,24-25,32,42H,9-11,14-23,26-27H2,1-5H3,(H,39,43)(H,40,46)(H,41,47)(H,44,45)/p-1. The van der Waals surface area contributed by atoms with Gasteiger partial charge in [0.2, 0.25) is 15.9 Å². The Morgan fingerprint density at radius 2 is 1.32 bits per heavy atom. The van der Waals surface area contributed by atoms with Gasteiger partial charge in [0.05, 0.1) is 49.9 Å². The molecule has 3 amide bonds. The summed E-state index contributed by atoms with van der Waals surface area (Å²) in [5.41, 5.74) is 0.709. The molecule has 0 bridgehead atoms. The highest BCUT2D eigenvalue weighted by Gasteiger charge is 2.26. The van der Waals surface area contributed by atoms with Gasteiger partial charge in [-0.25, -0.2) is 22.7 Å². The molecule has 1 atom stereocenters. The summed E-state index contributed by atoms with van der Waals surface area (Å²) >= 11 is 0. The van der Waals surface area contributed by atoms with Gasteiger partial charge in [-0.05, 0) is 82.7 Å². The summed E-state index contributed by atoms with van der Waals surface area (Å²) in [5, 5.41) is 19.4. The zero-order chi connectivity index (χ0) is 41.4. The lowest BCUT2D eigenvalue weighted by molar-refractivity contribution is -0.307. The van der Waals surface area contributed by atoms with E-state index in [2.05, 4.69) is 20.7 Å². The molecule has 0 saturated carbocycles. The monoisotopic (exact) mass is 809 g/mol. The van der Waals surface area contributed by atoms with Gasteiger partial charge in [-0.2, -0.15) is 0 Å². The van der Waals surface area contributed by atoms with Gasteiger partial charge in [0.15, 0.2) is 0 Å². The molecule has 0 fully saturated rings. The van der Waals surface area contributed by atoms with Gasteiger partial charge in [0, 0.05) is 39.3 Å². The third kappa shape index (κ3) is 21.0. The highest BCUT2D eigenvalue weighted by molar-refractivity contribution is 7.89. The first-order chi connectivity index (χ1) is 26.6. The Balaban J connectivity index is 1.51. The summed E-state index contributed by atoms with van der Waals surface area (Å²) in [6.07, 6.45) is 0.555. The van der Waals surface area contributed by atoms with Crippen LogP contribution in [0.25, 0.3) is 0 Å². The van der Waals surface area contributed by atoms with Crippen LogP contribution in [0.4, 0.5) is 9.59 Å². The molecule has 2 aromatic rings. The Bertz CT molecular complexity index is 1600. The Morgan fingerprint density at radius 3 is 1.89 bits per heavy atom. The van der Waals surface area contributed by atoms with Gasteiger partial charge < -0.3 is 54.3 Å². The van der Waals surface area contributed by atoms with E-state index in [4.69, 9.17) is 28.4 Å². The normalized spacial score (nSPS) is 12.0. The lowest BCUT2D eigenvalue weighted by Gasteiger charge is -2.24. The smallest absolute Gasteiger partial charge is 0.407 e. The summed E-state index contributed by atoms with van der Waals surface area (Å²) in [5.74, 6) is -1.48. The maximum Gasteiger partial charge on any atom is 0.407 e. The average molecular weight is 810 g/mol. The molecule has 0 aliphatic carbocycles. The van der Waals surface area contributed by atoms with Gasteiger partial charge in [-0.1, -0.05) is 30.3 Å². The number of aryl methyl sites for hydroxylation is 2. The molecule has 56 heavy (non-hydrogen) atoms. The topological polar surface area (TPSA) is 229 Å². The predicted molar refractivity (Wildman–Crippen MR) is 203 cm³/mol. The van der Waals surface area contributed by atoms with Crippen LogP contribution in [0.3, 0.4) is 0 Å². The van der Waals surface area contributed by atoms with Gasteiger partial charge in [-0.15, -0.1) is 0 Å². The van der Waals surface area contributed by atoms with Crippen molar-refractivity contribution in [3.8, 4) is 5.75 Å². The number of hydrogen-bond acceptors (Lipinski definition) is 13. The van der Waals surface area contributed by atoms with Crippen LogP contribution in [0.15, 0.2) is 47.4 Å².